The molecule has 31 heavy (non-hydrogen) atoms. The predicted molar refractivity (Wildman–Crippen MR) is 118 cm³/mol. The van der Waals surface area contributed by atoms with E-state index < -0.39 is 17.5 Å². The van der Waals surface area contributed by atoms with E-state index in [4.69, 9.17) is 9.84 Å². The van der Waals surface area contributed by atoms with E-state index in [-0.39, 0.29) is 10.4 Å². The van der Waals surface area contributed by atoms with Gasteiger partial charge >= 0.3 is 5.97 Å². The highest BCUT2D eigenvalue weighted by Crippen LogP contribution is 2.48. The third-order valence-electron chi connectivity index (χ3n) is 4.73. The quantitative estimate of drug-likeness (QED) is 0.315. The van der Waals surface area contributed by atoms with Crippen LogP contribution in [0.2, 0.25) is 0 Å². The van der Waals surface area contributed by atoms with Gasteiger partial charge in [-0.3, -0.25) is 0 Å². The lowest BCUT2D eigenvalue weighted by Crippen LogP contribution is -1.90. The van der Waals surface area contributed by atoms with Gasteiger partial charge in [-0.1, -0.05) is 12.1 Å². The van der Waals surface area contributed by atoms with Gasteiger partial charge in [0.2, 0.25) is 0 Å². The summed E-state index contributed by atoms with van der Waals surface area (Å²) in [7, 11) is 0. The Morgan fingerprint density at radius 2 is 1.68 bits per heavy atom. The van der Waals surface area contributed by atoms with Crippen molar-refractivity contribution in [2.24, 2.45) is 0 Å². The van der Waals surface area contributed by atoms with Gasteiger partial charge in [-0.2, -0.15) is 0 Å². The highest BCUT2D eigenvalue weighted by atomic mass is 32.1. The van der Waals surface area contributed by atoms with Gasteiger partial charge in [0.15, 0.2) is 17.3 Å². The molecule has 0 aliphatic heterocycles. The Morgan fingerprint density at radius 3 is 2.32 bits per heavy atom. The lowest BCUT2D eigenvalue weighted by atomic mass is 10.1. The van der Waals surface area contributed by atoms with Crippen LogP contribution in [-0.2, 0) is 4.79 Å². The van der Waals surface area contributed by atoms with Gasteiger partial charge in [0.05, 0.1) is 9.58 Å². The fourth-order valence-electron chi connectivity index (χ4n) is 3.17. The Bertz CT molecular complexity index is 1300. The van der Waals surface area contributed by atoms with Crippen molar-refractivity contribution in [3.05, 3.63) is 78.1 Å². The van der Waals surface area contributed by atoms with Gasteiger partial charge in [0.25, 0.3) is 0 Å². The number of aliphatic carboxylic acids is 1. The normalized spacial score (nSPS) is 11.6. The second kappa shape index (κ2) is 8.12. The average Bonchev–Trinajstić information content (AvgIpc) is 3.10. The number of phenols is 2. The maximum absolute atomic E-state index is 14.6. The number of hydrogen-bond acceptors (Lipinski definition) is 5. The first-order valence-corrected chi connectivity index (χ1v) is 10.1. The molecule has 0 saturated heterocycles. The van der Waals surface area contributed by atoms with Gasteiger partial charge in [-0.15, -0.1) is 11.3 Å². The van der Waals surface area contributed by atoms with Crippen molar-refractivity contribution in [2.45, 2.75) is 6.92 Å². The second-order valence-corrected chi connectivity index (χ2v) is 7.90. The van der Waals surface area contributed by atoms with Crippen molar-refractivity contribution >= 4 is 33.0 Å². The maximum atomic E-state index is 14.6. The molecule has 0 amide bonds. The zero-order valence-corrected chi connectivity index (χ0v) is 17.1. The summed E-state index contributed by atoms with van der Waals surface area (Å²) < 4.78 is 20.9. The summed E-state index contributed by atoms with van der Waals surface area (Å²) in [5.41, 5.74) is 2.06. The average molecular weight is 436 g/mol. The van der Waals surface area contributed by atoms with Crippen LogP contribution in [0.1, 0.15) is 12.5 Å². The van der Waals surface area contributed by atoms with Crippen LogP contribution in [0.15, 0.2) is 66.7 Å². The van der Waals surface area contributed by atoms with Gasteiger partial charge < -0.3 is 20.1 Å². The van der Waals surface area contributed by atoms with E-state index in [1.54, 1.807) is 49.4 Å². The van der Waals surface area contributed by atoms with Crippen LogP contribution in [0.25, 0.3) is 26.1 Å². The number of thiophene rings is 1. The molecule has 4 rings (SSSR count). The first-order chi connectivity index (χ1) is 14.8. The molecule has 0 bridgehead atoms. The van der Waals surface area contributed by atoms with Crippen molar-refractivity contribution in [3.8, 4) is 33.4 Å². The van der Waals surface area contributed by atoms with Crippen molar-refractivity contribution in [3.63, 3.8) is 0 Å². The molecule has 0 fully saturated rings. The number of fused-ring (bicyclic) bond motifs is 1. The summed E-state index contributed by atoms with van der Waals surface area (Å²) in [5, 5.41) is 28.8. The van der Waals surface area contributed by atoms with Crippen LogP contribution in [0.4, 0.5) is 4.39 Å². The van der Waals surface area contributed by atoms with Gasteiger partial charge in [0.1, 0.15) is 11.5 Å². The Kier molecular flexibility index (Phi) is 5.35. The number of phenolic OH excluding ortho intramolecular Hbond substituents is 2. The molecular formula is C24H17FO5S. The fourth-order valence-corrected chi connectivity index (χ4v) is 4.34. The lowest BCUT2D eigenvalue weighted by Gasteiger charge is -2.09. The van der Waals surface area contributed by atoms with E-state index in [9.17, 15) is 19.4 Å². The number of benzene rings is 3. The second-order valence-electron chi connectivity index (χ2n) is 6.87. The first kappa shape index (κ1) is 20.4. The van der Waals surface area contributed by atoms with Crippen LogP contribution in [0, 0.1) is 5.82 Å². The number of carbonyl (C=O) groups is 1. The highest BCUT2D eigenvalue weighted by Gasteiger charge is 2.20. The minimum atomic E-state index is -1.02. The number of hydrogen-bond donors (Lipinski definition) is 3. The number of carboxylic acids is 1. The molecule has 3 aromatic carbocycles. The molecule has 5 nitrogen and oxygen atoms in total. The molecule has 0 unspecified atom stereocenters. The van der Waals surface area contributed by atoms with Crippen LogP contribution in [-0.4, -0.2) is 21.3 Å². The van der Waals surface area contributed by atoms with E-state index in [0.29, 0.717) is 27.3 Å². The summed E-state index contributed by atoms with van der Waals surface area (Å²) in [5.74, 6) is -1.16. The molecule has 1 heterocycles. The van der Waals surface area contributed by atoms with Crippen LogP contribution < -0.4 is 4.74 Å². The van der Waals surface area contributed by atoms with E-state index in [1.807, 2.05) is 0 Å². The minimum Gasteiger partial charge on any atom is -0.508 e. The largest absolute Gasteiger partial charge is 0.508 e. The molecule has 3 N–H and O–H groups in total. The van der Waals surface area contributed by atoms with Crippen molar-refractivity contribution in [1.82, 2.24) is 0 Å². The predicted octanol–water partition coefficient (Wildman–Crippen LogP) is 6.40. The molecule has 0 aliphatic rings. The molecule has 156 valence electrons. The number of aromatic hydroxyl groups is 2. The Balaban J connectivity index is 1.79. The van der Waals surface area contributed by atoms with Crippen LogP contribution in [0.5, 0.6) is 23.0 Å². The summed E-state index contributed by atoms with van der Waals surface area (Å²) in [6.45, 7) is 1.70. The van der Waals surface area contributed by atoms with E-state index in [0.717, 1.165) is 28.5 Å². The zero-order chi connectivity index (χ0) is 22.1. The van der Waals surface area contributed by atoms with E-state index >= 15 is 0 Å². The molecule has 1 aromatic heterocycles. The van der Waals surface area contributed by atoms with Gasteiger partial charge in [-0.25, -0.2) is 9.18 Å². The Morgan fingerprint density at radius 1 is 1.00 bits per heavy atom. The Hall–Kier alpha value is -3.84. The summed E-state index contributed by atoms with van der Waals surface area (Å²) in [4.78, 5) is 11.5. The third kappa shape index (κ3) is 4.08. The molecule has 0 saturated carbocycles. The van der Waals surface area contributed by atoms with Crippen LogP contribution >= 0.6 is 11.3 Å². The summed E-state index contributed by atoms with van der Waals surface area (Å²) in [6.07, 6.45) is 1.13. The van der Waals surface area contributed by atoms with Gasteiger partial charge in [-0.05, 0) is 72.2 Å². The number of halogens is 1. The maximum Gasteiger partial charge on any atom is 0.328 e. The topological polar surface area (TPSA) is 87.0 Å². The summed E-state index contributed by atoms with van der Waals surface area (Å²) >= 11 is 1.14. The molecule has 0 aliphatic carbocycles. The van der Waals surface area contributed by atoms with Crippen molar-refractivity contribution in [1.29, 1.82) is 0 Å². The highest BCUT2D eigenvalue weighted by molar-refractivity contribution is 7.22. The smallest absolute Gasteiger partial charge is 0.328 e. The van der Waals surface area contributed by atoms with E-state index in [2.05, 4.69) is 0 Å². The molecule has 7 heteroatoms. The van der Waals surface area contributed by atoms with Crippen molar-refractivity contribution < 1.29 is 29.2 Å². The molecular weight excluding hydrogens is 419 g/mol. The number of carboxylic acid groups (broad SMARTS) is 1. The number of rotatable bonds is 5. The fraction of sp³-hybridized carbons (Fsp3) is 0.0417. The first-order valence-electron chi connectivity index (χ1n) is 9.26. The SMILES string of the molecule is C/C(=C\C(=O)O)c1ccc(Oc2c(-c3ccc(O)cc3)sc3c(F)c(O)ccc23)cc1. The van der Waals surface area contributed by atoms with Crippen LogP contribution in [0.3, 0.4) is 0 Å². The monoisotopic (exact) mass is 436 g/mol. The summed E-state index contributed by atoms with van der Waals surface area (Å²) in [6, 6.07) is 16.2. The van der Waals surface area contributed by atoms with Gasteiger partial charge in [0, 0.05) is 11.5 Å². The molecule has 0 spiro atoms. The van der Waals surface area contributed by atoms with E-state index in [1.165, 1.54) is 18.2 Å². The standard InChI is InChI=1S/C24H17FO5S/c1-13(12-20(28)29)14-4-8-17(9-5-14)30-22-18-10-11-19(27)21(25)24(18)31-23(22)15-2-6-16(26)7-3-15/h2-12,26-27H,1H3,(H,28,29)/b13-12+. The lowest BCUT2D eigenvalue weighted by molar-refractivity contribution is -0.131. The molecule has 0 atom stereocenters. The zero-order valence-electron chi connectivity index (χ0n) is 16.3. The number of ether oxygens (including phenoxy) is 1. The third-order valence-corrected chi connectivity index (χ3v) is 5.96. The Labute approximate surface area is 180 Å². The molecule has 0 radical (unpaired) electrons. The minimum absolute atomic E-state index is 0.108. The number of allylic oxidation sites excluding steroid dienone is 1. The van der Waals surface area contributed by atoms with Crippen molar-refractivity contribution in [2.75, 3.05) is 0 Å². The molecule has 4 aromatic rings.